The highest BCUT2D eigenvalue weighted by Crippen LogP contribution is 2.17. The molecule has 1 heterocycles. The molecule has 0 unspecified atom stereocenters. The number of rotatable bonds is 8. The van der Waals surface area contributed by atoms with Crippen LogP contribution in [0.4, 0.5) is 13.2 Å². The molecule has 11 heteroatoms. The van der Waals surface area contributed by atoms with Gasteiger partial charge in [0.05, 0.1) is 20.3 Å². The second-order valence-corrected chi connectivity index (χ2v) is 6.30. The number of esters is 1. The third-order valence-electron chi connectivity index (χ3n) is 4.22. The zero-order valence-electron chi connectivity index (χ0n) is 16.9. The van der Waals surface area contributed by atoms with Crippen LogP contribution in [0.25, 0.3) is 0 Å². The van der Waals surface area contributed by atoms with Crippen molar-refractivity contribution in [1.82, 2.24) is 9.99 Å². The van der Waals surface area contributed by atoms with Crippen LogP contribution in [0.1, 0.15) is 33.3 Å². The highest BCUT2D eigenvalue weighted by atomic mass is 19.1. The van der Waals surface area contributed by atoms with Gasteiger partial charge >= 0.3 is 5.97 Å². The number of methoxy groups -OCH3 is 2. The molecule has 0 radical (unpaired) electrons. The van der Waals surface area contributed by atoms with E-state index in [9.17, 15) is 27.6 Å². The number of carbonyl (C=O) groups is 2. The first-order valence-corrected chi connectivity index (χ1v) is 8.87. The molecule has 2 N–H and O–H groups in total. The molecular weight excluding hydrogens is 419 g/mol. The molecule has 1 aromatic heterocycles. The Morgan fingerprint density at radius 1 is 1.23 bits per heavy atom. The van der Waals surface area contributed by atoms with Gasteiger partial charge in [0.15, 0.2) is 11.4 Å². The molecule has 8 nitrogen and oxygen atoms in total. The number of halogens is 3. The largest absolute Gasteiger partial charge is 0.490 e. The minimum atomic E-state index is -1.20. The minimum absolute atomic E-state index is 0.309. The first-order valence-electron chi connectivity index (χ1n) is 8.87. The first-order chi connectivity index (χ1) is 14.6. The van der Waals surface area contributed by atoms with Crippen molar-refractivity contribution in [2.24, 2.45) is 0 Å². The van der Waals surface area contributed by atoms with Gasteiger partial charge in [-0.1, -0.05) is 6.08 Å². The number of pyridine rings is 1. The highest BCUT2D eigenvalue weighted by molar-refractivity contribution is 5.96. The summed E-state index contributed by atoms with van der Waals surface area (Å²) in [6, 6.07) is 0.521. The third-order valence-corrected chi connectivity index (χ3v) is 4.22. The van der Waals surface area contributed by atoms with Crippen LogP contribution in [0.3, 0.4) is 0 Å². The SMILES string of the molecule is C=C[C@@H](C)Nn1cc(C(=O)NCc2c(F)cc(F)cc2F)c(=O)c(OC)c1C(=O)OC. The number of benzene rings is 1. The number of hydrogen-bond acceptors (Lipinski definition) is 6. The summed E-state index contributed by atoms with van der Waals surface area (Å²) in [5.41, 5.74) is 0.464. The molecule has 1 aromatic carbocycles. The van der Waals surface area contributed by atoms with Crippen molar-refractivity contribution >= 4 is 11.9 Å². The van der Waals surface area contributed by atoms with Crippen LogP contribution in [0, 0.1) is 17.5 Å². The van der Waals surface area contributed by atoms with Crippen LogP contribution in [-0.4, -0.2) is 36.8 Å². The van der Waals surface area contributed by atoms with Crippen molar-refractivity contribution in [2.45, 2.75) is 19.5 Å². The maximum atomic E-state index is 13.8. The second kappa shape index (κ2) is 9.83. The molecule has 0 aliphatic carbocycles. The van der Waals surface area contributed by atoms with Crippen molar-refractivity contribution < 1.29 is 32.2 Å². The van der Waals surface area contributed by atoms with Gasteiger partial charge in [0, 0.05) is 30.4 Å². The smallest absolute Gasteiger partial charge is 0.360 e. The van der Waals surface area contributed by atoms with Crippen LogP contribution in [0.5, 0.6) is 5.75 Å². The predicted octanol–water partition coefficient (Wildman–Crippen LogP) is 2.11. The van der Waals surface area contributed by atoms with Gasteiger partial charge in [0.1, 0.15) is 23.0 Å². The fraction of sp³-hybridized carbons (Fsp3) is 0.250. The van der Waals surface area contributed by atoms with Gasteiger partial charge in [-0.15, -0.1) is 6.58 Å². The topological polar surface area (TPSA) is 98.7 Å². The van der Waals surface area contributed by atoms with Crippen LogP contribution >= 0.6 is 0 Å². The fourth-order valence-corrected chi connectivity index (χ4v) is 2.61. The lowest BCUT2D eigenvalue weighted by atomic mass is 10.1. The van der Waals surface area contributed by atoms with Crippen LogP contribution in [0.2, 0.25) is 0 Å². The van der Waals surface area contributed by atoms with E-state index < -0.39 is 64.2 Å². The van der Waals surface area contributed by atoms with Gasteiger partial charge < -0.3 is 20.2 Å². The van der Waals surface area contributed by atoms with Gasteiger partial charge in [-0.25, -0.2) is 18.0 Å². The molecule has 0 fully saturated rings. The average molecular weight is 439 g/mol. The Kier molecular flexibility index (Phi) is 7.46. The number of ether oxygens (including phenoxy) is 2. The Bertz CT molecular complexity index is 1060. The predicted molar refractivity (Wildman–Crippen MR) is 105 cm³/mol. The van der Waals surface area contributed by atoms with E-state index in [4.69, 9.17) is 4.74 Å². The average Bonchev–Trinajstić information content (AvgIpc) is 2.72. The normalized spacial score (nSPS) is 11.4. The molecule has 0 spiro atoms. The minimum Gasteiger partial charge on any atom is -0.490 e. The highest BCUT2D eigenvalue weighted by Gasteiger charge is 2.26. The quantitative estimate of drug-likeness (QED) is 0.483. The van der Waals surface area contributed by atoms with E-state index >= 15 is 0 Å². The van der Waals surface area contributed by atoms with Gasteiger partial charge in [0.2, 0.25) is 5.43 Å². The Hall–Kier alpha value is -3.76. The Labute approximate surface area is 175 Å². The summed E-state index contributed by atoms with van der Waals surface area (Å²) in [5, 5.41) is 2.19. The van der Waals surface area contributed by atoms with Crippen LogP contribution < -0.4 is 20.9 Å². The van der Waals surface area contributed by atoms with Crippen LogP contribution in [-0.2, 0) is 11.3 Å². The number of hydrogen-bond donors (Lipinski definition) is 2. The fourth-order valence-electron chi connectivity index (χ4n) is 2.61. The number of carbonyl (C=O) groups excluding carboxylic acids is 2. The lowest BCUT2D eigenvalue weighted by molar-refractivity contribution is 0.0583. The summed E-state index contributed by atoms with van der Waals surface area (Å²) < 4.78 is 51.4. The Balaban J connectivity index is 2.49. The van der Waals surface area contributed by atoms with E-state index in [1.807, 2.05) is 0 Å². The summed E-state index contributed by atoms with van der Waals surface area (Å²) >= 11 is 0. The molecule has 0 bridgehead atoms. The summed E-state index contributed by atoms with van der Waals surface area (Å²) in [7, 11) is 2.22. The van der Waals surface area contributed by atoms with Crippen molar-refractivity contribution in [3.05, 3.63) is 75.5 Å². The molecule has 1 atom stereocenters. The molecule has 0 aliphatic heterocycles. The number of nitrogens with one attached hydrogen (secondary N) is 2. The molecule has 31 heavy (non-hydrogen) atoms. The monoisotopic (exact) mass is 439 g/mol. The summed E-state index contributed by atoms with van der Waals surface area (Å²) in [5.74, 6) is -5.92. The first kappa shape index (κ1) is 23.5. The molecule has 0 saturated carbocycles. The van der Waals surface area contributed by atoms with Gasteiger partial charge in [0.25, 0.3) is 5.91 Å². The second-order valence-electron chi connectivity index (χ2n) is 6.30. The molecule has 0 saturated heterocycles. The molecule has 2 aromatic rings. The lowest BCUT2D eigenvalue weighted by Crippen LogP contribution is -2.36. The molecule has 0 aliphatic rings. The van der Waals surface area contributed by atoms with E-state index in [1.54, 1.807) is 6.92 Å². The van der Waals surface area contributed by atoms with Gasteiger partial charge in [-0.2, -0.15) is 0 Å². The summed E-state index contributed by atoms with van der Waals surface area (Å²) in [6.07, 6.45) is 2.51. The van der Waals surface area contributed by atoms with E-state index in [0.717, 1.165) is 25.1 Å². The van der Waals surface area contributed by atoms with E-state index in [0.29, 0.717) is 12.1 Å². The van der Waals surface area contributed by atoms with Gasteiger partial charge in [-0.05, 0) is 6.92 Å². The Morgan fingerprint density at radius 3 is 2.35 bits per heavy atom. The zero-order chi connectivity index (χ0) is 23.3. The molecule has 1 amide bonds. The van der Waals surface area contributed by atoms with E-state index in [1.165, 1.54) is 6.08 Å². The van der Waals surface area contributed by atoms with Gasteiger partial charge in [-0.3, -0.25) is 14.3 Å². The molecular formula is C20H20F3N3O5. The van der Waals surface area contributed by atoms with Crippen molar-refractivity contribution in [3.8, 4) is 5.75 Å². The summed E-state index contributed by atoms with van der Waals surface area (Å²) in [4.78, 5) is 37.5. The maximum Gasteiger partial charge on any atom is 0.360 e. The van der Waals surface area contributed by atoms with Crippen LogP contribution in [0.15, 0.2) is 35.8 Å². The van der Waals surface area contributed by atoms with Crippen molar-refractivity contribution in [2.75, 3.05) is 19.6 Å². The number of nitrogens with zero attached hydrogens (tertiary/aromatic N) is 1. The van der Waals surface area contributed by atoms with E-state index in [2.05, 4.69) is 22.1 Å². The third kappa shape index (κ3) is 5.05. The molecule has 2 rings (SSSR count). The van der Waals surface area contributed by atoms with E-state index in [-0.39, 0.29) is 5.69 Å². The maximum absolute atomic E-state index is 13.8. The lowest BCUT2D eigenvalue weighted by Gasteiger charge is -2.20. The summed E-state index contributed by atoms with van der Waals surface area (Å²) in [6.45, 7) is 4.61. The standard InChI is InChI=1S/C20H20F3N3O5/c1-5-10(2)25-26-9-13(17(27)18(30-3)16(26)20(29)31-4)19(28)24-8-12-14(22)6-11(21)7-15(12)23/h5-7,9-10,25H,1,8H2,2-4H3,(H,24,28)/t10-/m1/s1. The number of aromatic nitrogens is 1. The zero-order valence-corrected chi connectivity index (χ0v) is 16.9. The molecule has 166 valence electrons. The van der Waals surface area contributed by atoms with Crippen molar-refractivity contribution in [1.29, 1.82) is 0 Å². The number of amides is 1. The Morgan fingerprint density at radius 2 is 1.84 bits per heavy atom. The van der Waals surface area contributed by atoms with Crippen molar-refractivity contribution in [3.63, 3.8) is 0 Å².